The van der Waals surface area contributed by atoms with E-state index >= 15 is 0 Å². The lowest BCUT2D eigenvalue weighted by Crippen LogP contribution is -2.21. The van der Waals surface area contributed by atoms with Gasteiger partial charge in [-0.1, -0.05) is 12.1 Å². The SMILES string of the molecule is COc1cc(C)ccc1C(N)CN. The Labute approximate surface area is 78.7 Å². The molecule has 0 saturated heterocycles. The summed E-state index contributed by atoms with van der Waals surface area (Å²) in [6.45, 7) is 2.44. The first-order chi connectivity index (χ1) is 6.19. The lowest BCUT2D eigenvalue weighted by molar-refractivity contribution is 0.405. The lowest BCUT2D eigenvalue weighted by Gasteiger charge is -2.14. The molecule has 0 bridgehead atoms. The van der Waals surface area contributed by atoms with Gasteiger partial charge in [0.2, 0.25) is 0 Å². The summed E-state index contributed by atoms with van der Waals surface area (Å²) < 4.78 is 5.21. The van der Waals surface area contributed by atoms with Gasteiger partial charge in [-0.25, -0.2) is 0 Å². The second kappa shape index (κ2) is 4.25. The Kier molecular flexibility index (Phi) is 3.28. The molecular weight excluding hydrogens is 164 g/mol. The normalized spacial score (nSPS) is 12.6. The van der Waals surface area contributed by atoms with E-state index in [1.165, 1.54) is 0 Å². The van der Waals surface area contributed by atoms with Gasteiger partial charge in [0.25, 0.3) is 0 Å². The van der Waals surface area contributed by atoms with Crippen molar-refractivity contribution in [3.8, 4) is 5.75 Å². The largest absolute Gasteiger partial charge is 0.496 e. The molecule has 0 aliphatic rings. The predicted octanol–water partition coefficient (Wildman–Crippen LogP) is 0.962. The summed E-state index contributed by atoms with van der Waals surface area (Å²) in [6.07, 6.45) is 0. The van der Waals surface area contributed by atoms with Crippen LogP contribution in [0.2, 0.25) is 0 Å². The van der Waals surface area contributed by atoms with Crippen LogP contribution in [0, 0.1) is 6.92 Å². The molecule has 72 valence electrons. The molecule has 4 N–H and O–H groups in total. The number of rotatable bonds is 3. The van der Waals surface area contributed by atoms with Gasteiger partial charge in [0.15, 0.2) is 0 Å². The van der Waals surface area contributed by atoms with Crippen LogP contribution in [0.5, 0.6) is 5.75 Å². The van der Waals surface area contributed by atoms with E-state index in [0.29, 0.717) is 6.54 Å². The first-order valence-electron chi connectivity index (χ1n) is 4.29. The summed E-state index contributed by atoms with van der Waals surface area (Å²) in [4.78, 5) is 0. The number of aryl methyl sites for hydroxylation is 1. The average Bonchev–Trinajstić information content (AvgIpc) is 2.16. The summed E-state index contributed by atoms with van der Waals surface area (Å²) in [6, 6.07) is 5.79. The molecular formula is C10H16N2O. The molecule has 0 amide bonds. The Morgan fingerprint density at radius 1 is 1.46 bits per heavy atom. The summed E-state index contributed by atoms with van der Waals surface area (Å²) in [5.74, 6) is 0.818. The van der Waals surface area contributed by atoms with Crippen LogP contribution in [0.3, 0.4) is 0 Å². The molecule has 0 radical (unpaired) electrons. The third-order valence-electron chi connectivity index (χ3n) is 2.04. The van der Waals surface area contributed by atoms with Crippen molar-refractivity contribution in [2.45, 2.75) is 13.0 Å². The van der Waals surface area contributed by atoms with E-state index in [9.17, 15) is 0 Å². The summed E-state index contributed by atoms with van der Waals surface area (Å²) in [5.41, 5.74) is 13.4. The number of hydrogen-bond acceptors (Lipinski definition) is 3. The number of nitrogens with two attached hydrogens (primary N) is 2. The minimum Gasteiger partial charge on any atom is -0.496 e. The van der Waals surface area contributed by atoms with Crippen LogP contribution in [-0.4, -0.2) is 13.7 Å². The summed E-state index contributed by atoms with van der Waals surface area (Å²) in [7, 11) is 1.64. The molecule has 0 spiro atoms. The molecule has 0 aliphatic carbocycles. The van der Waals surface area contributed by atoms with Crippen LogP contribution in [0.15, 0.2) is 18.2 Å². The maximum absolute atomic E-state index is 5.82. The van der Waals surface area contributed by atoms with Crippen LogP contribution in [0.1, 0.15) is 17.2 Å². The predicted molar refractivity (Wildman–Crippen MR) is 53.7 cm³/mol. The van der Waals surface area contributed by atoms with Crippen molar-refractivity contribution in [2.24, 2.45) is 11.5 Å². The smallest absolute Gasteiger partial charge is 0.123 e. The molecule has 1 atom stereocenters. The molecule has 0 fully saturated rings. The summed E-state index contributed by atoms with van der Waals surface area (Å²) >= 11 is 0. The van der Waals surface area contributed by atoms with E-state index in [0.717, 1.165) is 16.9 Å². The van der Waals surface area contributed by atoms with Gasteiger partial charge in [-0.2, -0.15) is 0 Å². The fourth-order valence-electron chi connectivity index (χ4n) is 1.25. The molecule has 0 aliphatic heterocycles. The minimum absolute atomic E-state index is 0.143. The second-order valence-corrected chi connectivity index (χ2v) is 3.09. The highest BCUT2D eigenvalue weighted by Gasteiger charge is 2.09. The lowest BCUT2D eigenvalue weighted by atomic mass is 10.0. The number of hydrogen-bond donors (Lipinski definition) is 2. The maximum atomic E-state index is 5.82. The topological polar surface area (TPSA) is 61.3 Å². The van der Waals surface area contributed by atoms with Crippen LogP contribution in [0.25, 0.3) is 0 Å². The first-order valence-corrected chi connectivity index (χ1v) is 4.29. The fraction of sp³-hybridized carbons (Fsp3) is 0.400. The van der Waals surface area contributed by atoms with Crippen LogP contribution >= 0.6 is 0 Å². The van der Waals surface area contributed by atoms with Gasteiger partial charge in [0, 0.05) is 18.2 Å². The van der Waals surface area contributed by atoms with Gasteiger partial charge in [-0.15, -0.1) is 0 Å². The zero-order valence-electron chi connectivity index (χ0n) is 8.08. The van der Waals surface area contributed by atoms with Gasteiger partial charge in [-0.05, 0) is 18.6 Å². The van der Waals surface area contributed by atoms with Crippen LogP contribution in [0.4, 0.5) is 0 Å². The van der Waals surface area contributed by atoms with Gasteiger partial charge >= 0.3 is 0 Å². The zero-order chi connectivity index (χ0) is 9.84. The van der Waals surface area contributed by atoms with Crippen molar-refractivity contribution in [3.05, 3.63) is 29.3 Å². The van der Waals surface area contributed by atoms with E-state index in [1.54, 1.807) is 7.11 Å². The minimum atomic E-state index is -0.143. The van der Waals surface area contributed by atoms with Crippen molar-refractivity contribution >= 4 is 0 Å². The quantitative estimate of drug-likeness (QED) is 0.728. The Balaban J connectivity index is 3.05. The molecule has 1 unspecified atom stereocenters. The first kappa shape index (κ1) is 10.0. The highest BCUT2D eigenvalue weighted by atomic mass is 16.5. The third kappa shape index (κ3) is 2.20. The average molecular weight is 180 g/mol. The summed E-state index contributed by atoms with van der Waals surface area (Å²) in [5, 5.41) is 0. The Bertz CT molecular complexity index is 286. The molecule has 1 aromatic rings. The van der Waals surface area contributed by atoms with Gasteiger partial charge in [-0.3, -0.25) is 0 Å². The maximum Gasteiger partial charge on any atom is 0.123 e. The number of ether oxygens (including phenoxy) is 1. The number of benzene rings is 1. The fourth-order valence-corrected chi connectivity index (χ4v) is 1.25. The molecule has 1 aromatic carbocycles. The van der Waals surface area contributed by atoms with Crippen molar-refractivity contribution < 1.29 is 4.74 Å². The van der Waals surface area contributed by atoms with E-state index in [-0.39, 0.29) is 6.04 Å². The van der Waals surface area contributed by atoms with Crippen LogP contribution in [-0.2, 0) is 0 Å². The number of methoxy groups -OCH3 is 1. The van der Waals surface area contributed by atoms with E-state index in [1.807, 2.05) is 25.1 Å². The third-order valence-corrected chi connectivity index (χ3v) is 2.04. The van der Waals surface area contributed by atoms with Gasteiger partial charge in [0.05, 0.1) is 7.11 Å². The highest BCUT2D eigenvalue weighted by Crippen LogP contribution is 2.24. The van der Waals surface area contributed by atoms with E-state index < -0.39 is 0 Å². The molecule has 0 aromatic heterocycles. The zero-order valence-corrected chi connectivity index (χ0v) is 8.08. The van der Waals surface area contributed by atoms with Crippen molar-refractivity contribution in [1.29, 1.82) is 0 Å². The highest BCUT2D eigenvalue weighted by molar-refractivity contribution is 5.39. The second-order valence-electron chi connectivity index (χ2n) is 3.09. The van der Waals surface area contributed by atoms with E-state index in [2.05, 4.69) is 0 Å². The van der Waals surface area contributed by atoms with Crippen molar-refractivity contribution in [3.63, 3.8) is 0 Å². The van der Waals surface area contributed by atoms with E-state index in [4.69, 9.17) is 16.2 Å². The molecule has 13 heavy (non-hydrogen) atoms. The Hall–Kier alpha value is -1.06. The molecule has 1 rings (SSSR count). The van der Waals surface area contributed by atoms with Crippen LogP contribution < -0.4 is 16.2 Å². The molecule has 0 heterocycles. The van der Waals surface area contributed by atoms with Gasteiger partial charge < -0.3 is 16.2 Å². The Morgan fingerprint density at radius 2 is 2.15 bits per heavy atom. The Morgan fingerprint density at radius 3 is 2.69 bits per heavy atom. The van der Waals surface area contributed by atoms with Crippen molar-refractivity contribution in [1.82, 2.24) is 0 Å². The standard InChI is InChI=1S/C10H16N2O/c1-7-3-4-8(9(12)6-11)10(5-7)13-2/h3-5,9H,6,11-12H2,1-2H3. The molecule has 3 heteroatoms. The molecule has 3 nitrogen and oxygen atoms in total. The molecule has 0 saturated carbocycles. The monoisotopic (exact) mass is 180 g/mol. The van der Waals surface area contributed by atoms with Crippen molar-refractivity contribution in [2.75, 3.05) is 13.7 Å². The van der Waals surface area contributed by atoms with Gasteiger partial charge in [0.1, 0.15) is 5.75 Å².